The molecular weight excluding hydrogens is 328 g/mol. The van der Waals surface area contributed by atoms with Crippen LogP contribution in [0.4, 0.5) is 0 Å². The summed E-state index contributed by atoms with van der Waals surface area (Å²) in [5, 5.41) is 8.41. The van der Waals surface area contributed by atoms with Crippen LogP contribution in [0.25, 0.3) is 11.4 Å². The van der Waals surface area contributed by atoms with Crippen molar-refractivity contribution in [2.75, 3.05) is 7.05 Å². The summed E-state index contributed by atoms with van der Waals surface area (Å²) in [7, 11) is 2.03. The summed E-state index contributed by atoms with van der Waals surface area (Å²) in [6.45, 7) is 1.35. The predicted molar refractivity (Wildman–Crippen MR) is 97.2 cm³/mol. The molecule has 0 aliphatic heterocycles. The van der Waals surface area contributed by atoms with Crippen LogP contribution in [0.1, 0.15) is 55.2 Å². The first kappa shape index (κ1) is 17.0. The van der Waals surface area contributed by atoms with Crippen molar-refractivity contribution in [1.82, 2.24) is 20.2 Å². The van der Waals surface area contributed by atoms with Gasteiger partial charge in [0.25, 0.3) is 0 Å². The van der Waals surface area contributed by atoms with Crippen LogP contribution in [-0.2, 0) is 13.1 Å². The third-order valence-corrected chi connectivity index (χ3v) is 4.94. The zero-order valence-electron chi connectivity index (χ0n) is 15.1. The van der Waals surface area contributed by atoms with Gasteiger partial charge in [0.05, 0.1) is 24.5 Å². The van der Waals surface area contributed by atoms with E-state index in [9.17, 15) is 0 Å². The Kier molecular flexibility index (Phi) is 5.11. The van der Waals surface area contributed by atoms with E-state index >= 15 is 0 Å². The number of hydrogen-bond acceptors (Lipinski definition) is 6. The van der Waals surface area contributed by atoms with Gasteiger partial charge in [-0.15, -0.1) is 0 Å². The van der Waals surface area contributed by atoms with Crippen LogP contribution in [-0.4, -0.2) is 27.2 Å². The fourth-order valence-electron chi connectivity index (χ4n) is 3.60. The van der Waals surface area contributed by atoms with Crippen molar-refractivity contribution in [3.8, 4) is 11.4 Å². The van der Waals surface area contributed by atoms with Gasteiger partial charge in [0.2, 0.25) is 0 Å². The summed E-state index contributed by atoms with van der Waals surface area (Å²) in [5.41, 5.74) is 2.69. The zero-order chi connectivity index (χ0) is 17.8. The summed E-state index contributed by atoms with van der Waals surface area (Å²) >= 11 is 0. The van der Waals surface area contributed by atoms with Gasteiger partial charge in [-0.3, -0.25) is 9.88 Å². The molecule has 136 valence electrons. The summed E-state index contributed by atoms with van der Waals surface area (Å²) in [6.07, 6.45) is 8.17. The Morgan fingerprint density at radius 2 is 1.73 bits per heavy atom. The Labute approximate surface area is 153 Å². The van der Waals surface area contributed by atoms with Crippen LogP contribution in [0.15, 0.2) is 45.6 Å². The van der Waals surface area contributed by atoms with E-state index < -0.39 is 0 Å². The van der Waals surface area contributed by atoms with Gasteiger partial charge < -0.3 is 9.05 Å². The number of rotatable bonds is 6. The third kappa shape index (κ3) is 4.02. The van der Waals surface area contributed by atoms with Crippen molar-refractivity contribution in [2.24, 2.45) is 0 Å². The number of pyridine rings is 1. The molecule has 0 amide bonds. The van der Waals surface area contributed by atoms with E-state index in [0.717, 1.165) is 28.6 Å². The average molecular weight is 352 g/mol. The maximum absolute atomic E-state index is 5.55. The zero-order valence-corrected chi connectivity index (χ0v) is 15.1. The van der Waals surface area contributed by atoms with E-state index in [1.165, 1.54) is 32.1 Å². The minimum atomic E-state index is 0.571. The van der Waals surface area contributed by atoms with Crippen LogP contribution in [0.3, 0.4) is 0 Å². The number of nitrogens with zero attached hydrogens (tertiary/aromatic N) is 4. The minimum absolute atomic E-state index is 0.571. The van der Waals surface area contributed by atoms with Crippen molar-refractivity contribution >= 4 is 0 Å². The second-order valence-electron chi connectivity index (χ2n) is 7.12. The highest BCUT2D eigenvalue weighted by Crippen LogP contribution is 2.32. The molecule has 0 saturated heterocycles. The summed E-state index contributed by atoms with van der Waals surface area (Å²) in [6, 6.07) is 9.80. The van der Waals surface area contributed by atoms with Gasteiger partial charge in [-0.25, -0.2) is 0 Å². The highest BCUT2D eigenvalue weighted by Gasteiger charge is 2.20. The minimum Gasteiger partial charge on any atom is -0.360 e. The second-order valence-corrected chi connectivity index (χ2v) is 7.12. The monoisotopic (exact) mass is 352 g/mol. The second kappa shape index (κ2) is 7.83. The molecule has 0 unspecified atom stereocenters. The Morgan fingerprint density at radius 3 is 2.50 bits per heavy atom. The van der Waals surface area contributed by atoms with E-state index in [2.05, 4.69) is 26.3 Å². The Morgan fingerprint density at radius 1 is 0.962 bits per heavy atom. The van der Waals surface area contributed by atoms with Gasteiger partial charge in [-0.1, -0.05) is 35.6 Å². The SMILES string of the molecule is CN(Cc1cc(-c2ccccn2)no1)Cc1cc(C2CCCCC2)no1. The summed E-state index contributed by atoms with van der Waals surface area (Å²) in [5.74, 6) is 2.28. The maximum atomic E-state index is 5.55. The van der Waals surface area contributed by atoms with Crippen molar-refractivity contribution < 1.29 is 9.05 Å². The molecule has 0 bridgehead atoms. The van der Waals surface area contributed by atoms with E-state index in [1.807, 2.05) is 31.3 Å². The van der Waals surface area contributed by atoms with Crippen LogP contribution in [0.2, 0.25) is 0 Å². The number of hydrogen-bond donors (Lipinski definition) is 0. The topological polar surface area (TPSA) is 68.2 Å². The molecule has 3 heterocycles. The molecule has 26 heavy (non-hydrogen) atoms. The quantitative estimate of drug-likeness (QED) is 0.655. The molecule has 1 saturated carbocycles. The molecule has 6 heteroatoms. The smallest absolute Gasteiger partial charge is 0.151 e. The highest BCUT2D eigenvalue weighted by molar-refractivity contribution is 5.52. The molecule has 3 aromatic heterocycles. The molecule has 0 spiro atoms. The van der Waals surface area contributed by atoms with Crippen molar-refractivity contribution in [2.45, 2.75) is 51.1 Å². The molecule has 3 aromatic rings. The van der Waals surface area contributed by atoms with Gasteiger partial charge in [0.1, 0.15) is 5.69 Å². The lowest BCUT2D eigenvalue weighted by atomic mass is 9.87. The lowest BCUT2D eigenvalue weighted by molar-refractivity contribution is 0.237. The van der Waals surface area contributed by atoms with Crippen LogP contribution < -0.4 is 0 Å². The molecule has 0 N–H and O–H groups in total. The van der Waals surface area contributed by atoms with Gasteiger partial charge in [-0.05, 0) is 32.0 Å². The Balaban J connectivity index is 1.35. The van der Waals surface area contributed by atoms with E-state index in [0.29, 0.717) is 19.0 Å². The van der Waals surface area contributed by atoms with Crippen LogP contribution in [0, 0.1) is 0 Å². The standard InChI is InChI=1S/C20H24N4O2/c1-24(13-16-11-19(22-25-16)15-7-3-2-4-8-15)14-17-12-20(23-26-17)18-9-5-6-10-21-18/h5-6,9-12,15H,2-4,7-8,13-14H2,1H3. The molecule has 0 aromatic carbocycles. The molecule has 6 nitrogen and oxygen atoms in total. The maximum Gasteiger partial charge on any atom is 0.151 e. The first-order valence-corrected chi connectivity index (χ1v) is 9.29. The van der Waals surface area contributed by atoms with Gasteiger partial charge in [-0.2, -0.15) is 0 Å². The van der Waals surface area contributed by atoms with Gasteiger partial charge >= 0.3 is 0 Å². The summed E-state index contributed by atoms with van der Waals surface area (Å²) < 4.78 is 11.0. The molecule has 0 atom stereocenters. The first-order valence-electron chi connectivity index (χ1n) is 9.29. The third-order valence-electron chi connectivity index (χ3n) is 4.94. The van der Waals surface area contributed by atoms with E-state index in [1.54, 1.807) is 6.20 Å². The Hall–Kier alpha value is -2.47. The Bertz CT molecular complexity index is 821. The van der Waals surface area contributed by atoms with Crippen LogP contribution in [0.5, 0.6) is 0 Å². The van der Waals surface area contributed by atoms with Gasteiger partial charge in [0.15, 0.2) is 11.5 Å². The lowest BCUT2D eigenvalue weighted by Gasteiger charge is -2.18. The number of aromatic nitrogens is 3. The fraction of sp³-hybridized carbons (Fsp3) is 0.450. The molecule has 4 rings (SSSR count). The van der Waals surface area contributed by atoms with E-state index in [4.69, 9.17) is 9.05 Å². The predicted octanol–water partition coefficient (Wildman–Crippen LogP) is 4.40. The normalized spacial score (nSPS) is 15.6. The molecule has 1 fully saturated rings. The van der Waals surface area contributed by atoms with E-state index in [-0.39, 0.29) is 0 Å². The first-order chi connectivity index (χ1) is 12.8. The fourth-order valence-corrected chi connectivity index (χ4v) is 3.60. The molecule has 1 aliphatic rings. The van der Waals surface area contributed by atoms with Crippen molar-refractivity contribution in [3.05, 3.63) is 53.7 Å². The van der Waals surface area contributed by atoms with Crippen molar-refractivity contribution in [1.29, 1.82) is 0 Å². The van der Waals surface area contributed by atoms with Crippen LogP contribution >= 0.6 is 0 Å². The summed E-state index contributed by atoms with van der Waals surface area (Å²) in [4.78, 5) is 6.43. The molecule has 1 aliphatic carbocycles. The van der Waals surface area contributed by atoms with Crippen molar-refractivity contribution in [3.63, 3.8) is 0 Å². The lowest BCUT2D eigenvalue weighted by Crippen LogP contribution is -2.16. The highest BCUT2D eigenvalue weighted by atomic mass is 16.5. The van der Waals surface area contributed by atoms with Gasteiger partial charge in [0, 0.05) is 24.2 Å². The average Bonchev–Trinajstić information content (AvgIpc) is 3.33. The largest absolute Gasteiger partial charge is 0.360 e. The molecular formula is C20H24N4O2. The molecule has 0 radical (unpaired) electrons.